The molecule has 4 N–H and O–H groups in total. The molecule has 7 heteroatoms. The van der Waals surface area contributed by atoms with Crippen LogP contribution in [0.3, 0.4) is 0 Å². The van der Waals surface area contributed by atoms with Crippen molar-refractivity contribution in [1.82, 2.24) is 0 Å². The summed E-state index contributed by atoms with van der Waals surface area (Å²) in [4.78, 5) is 35.3. The van der Waals surface area contributed by atoms with E-state index in [1.165, 1.54) is 6.08 Å². The van der Waals surface area contributed by atoms with Crippen molar-refractivity contribution in [2.45, 2.75) is 51.7 Å². The van der Waals surface area contributed by atoms with Crippen molar-refractivity contribution >= 4 is 17.7 Å². The lowest BCUT2D eigenvalue weighted by Crippen LogP contribution is -2.35. The molecule has 0 saturated carbocycles. The van der Waals surface area contributed by atoms with Crippen molar-refractivity contribution in [2.75, 3.05) is 0 Å². The fourth-order valence-corrected chi connectivity index (χ4v) is 2.85. The van der Waals surface area contributed by atoms with Crippen LogP contribution in [0.1, 0.15) is 39.5 Å². The summed E-state index contributed by atoms with van der Waals surface area (Å²) in [7, 11) is 0. The second-order valence-electron chi connectivity index (χ2n) is 5.57. The summed E-state index contributed by atoms with van der Waals surface area (Å²) in [6.07, 6.45) is -1.46. The molecule has 0 aromatic heterocycles. The Hall–Kier alpha value is -1.99. The number of ketones is 1. The fourth-order valence-electron chi connectivity index (χ4n) is 2.85. The molecule has 0 heterocycles. The Labute approximate surface area is 133 Å². The summed E-state index contributed by atoms with van der Waals surface area (Å²) in [5, 5.41) is 39.2. The third kappa shape index (κ3) is 4.27. The highest BCUT2D eigenvalue weighted by atomic mass is 16.4. The van der Waals surface area contributed by atoms with Gasteiger partial charge >= 0.3 is 11.9 Å². The molecule has 1 rings (SSSR count). The predicted octanol–water partition coefficient (Wildman–Crippen LogP) is 0.899. The van der Waals surface area contributed by atoms with Gasteiger partial charge in [0.1, 0.15) is 6.10 Å². The number of Topliss-reactive ketones (excluding diaryl/α,β-unsaturated/α-hetero) is 1. The molecule has 0 aromatic carbocycles. The van der Waals surface area contributed by atoms with Gasteiger partial charge in [-0.15, -0.1) is 0 Å². The minimum absolute atomic E-state index is 0.159. The molecule has 0 aromatic rings. The van der Waals surface area contributed by atoms with Gasteiger partial charge in [-0.25, -0.2) is 9.59 Å². The van der Waals surface area contributed by atoms with Crippen molar-refractivity contribution in [3.8, 4) is 0 Å². The molecule has 0 radical (unpaired) electrons. The number of aliphatic hydroxyl groups is 2. The Balaban J connectivity index is 3.62. The number of hydrogen-bond donors (Lipinski definition) is 4. The number of carbonyl (C=O) groups excluding carboxylic acids is 1. The summed E-state index contributed by atoms with van der Waals surface area (Å²) in [6, 6.07) is 0. The first-order chi connectivity index (χ1) is 10.7. The first-order valence-corrected chi connectivity index (χ1v) is 7.48. The highest BCUT2D eigenvalue weighted by molar-refractivity contribution is 6.00. The lowest BCUT2D eigenvalue weighted by atomic mass is 9.83. The number of carbonyl (C=O) groups is 3. The molecule has 0 spiro atoms. The lowest BCUT2D eigenvalue weighted by Gasteiger charge is -2.23. The van der Waals surface area contributed by atoms with Gasteiger partial charge in [0.15, 0.2) is 5.78 Å². The fraction of sp³-hybridized carbons (Fsp3) is 0.562. The van der Waals surface area contributed by atoms with Gasteiger partial charge in [0.2, 0.25) is 0 Å². The SMILES string of the molecule is C/C=C1/C/C(C(=O)O)=C(/C(=O)O)C(CCC)[C@H](O)C(=O)C[C@@H]1O. The van der Waals surface area contributed by atoms with Crippen LogP contribution in [-0.4, -0.2) is 50.4 Å². The van der Waals surface area contributed by atoms with Crippen LogP contribution in [0.15, 0.2) is 22.8 Å². The second kappa shape index (κ2) is 8.03. The number of hydrogen-bond acceptors (Lipinski definition) is 5. The van der Waals surface area contributed by atoms with E-state index in [1.54, 1.807) is 13.8 Å². The Morgan fingerprint density at radius 3 is 2.26 bits per heavy atom. The Kier molecular flexibility index (Phi) is 6.65. The van der Waals surface area contributed by atoms with E-state index in [0.29, 0.717) is 6.42 Å². The molecule has 0 fully saturated rings. The zero-order valence-corrected chi connectivity index (χ0v) is 13.2. The van der Waals surface area contributed by atoms with Gasteiger partial charge in [-0.2, -0.15) is 0 Å². The second-order valence-corrected chi connectivity index (χ2v) is 5.57. The van der Waals surface area contributed by atoms with Gasteiger partial charge in [-0.05, 0) is 18.9 Å². The van der Waals surface area contributed by atoms with Crippen molar-refractivity contribution < 1.29 is 34.8 Å². The first kappa shape index (κ1) is 19.1. The number of aliphatic carboxylic acids is 2. The maximum absolute atomic E-state index is 12.1. The van der Waals surface area contributed by atoms with Crippen molar-refractivity contribution in [3.05, 3.63) is 22.8 Å². The average Bonchev–Trinajstić information content (AvgIpc) is 2.50. The monoisotopic (exact) mass is 326 g/mol. The molecule has 7 nitrogen and oxygen atoms in total. The van der Waals surface area contributed by atoms with Crippen LogP contribution >= 0.6 is 0 Å². The van der Waals surface area contributed by atoms with Crippen molar-refractivity contribution in [1.29, 1.82) is 0 Å². The summed E-state index contributed by atoms with van der Waals surface area (Å²) >= 11 is 0. The molecule has 23 heavy (non-hydrogen) atoms. The van der Waals surface area contributed by atoms with Crippen LogP contribution in [0, 0.1) is 5.92 Å². The minimum atomic E-state index is -1.65. The molecule has 128 valence electrons. The first-order valence-electron chi connectivity index (χ1n) is 7.48. The van der Waals surface area contributed by atoms with E-state index in [-0.39, 0.29) is 24.8 Å². The zero-order valence-electron chi connectivity index (χ0n) is 13.2. The quantitative estimate of drug-likeness (QED) is 0.564. The van der Waals surface area contributed by atoms with Crippen LogP contribution in [0.4, 0.5) is 0 Å². The largest absolute Gasteiger partial charge is 0.478 e. The smallest absolute Gasteiger partial charge is 0.332 e. The van der Waals surface area contributed by atoms with E-state index < -0.39 is 47.0 Å². The van der Waals surface area contributed by atoms with Gasteiger partial charge in [0.05, 0.1) is 17.3 Å². The van der Waals surface area contributed by atoms with Crippen molar-refractivity contribution in [3.63, 3.8) is 0 Å². The standard InChI is InChI=1S/C16H22O7/c1-3-5-9-13(16(22)23)10(15(20)21)6-8(4-2)11(17)7-12(18)14(9)19/h4,9,11,14,17,19H,3,5-7H2,1-2H3,(H,20,21)(H,22,23)/b8-4-,13-10-/t9?,11-,14-/m0/s1. The van der Waals surface area contributed by atoms with Gasteiger partial charge in [0, 0.05) is 18.8 Å². The molecular weight excluding hydrogens is 304 g/mol. The Morgan fingerprint density at radius 2 is 1.83 bits per heavy atom. The third-order valence-corrected chi connectivity index (χ3v) is 4.07. The van der Waals surface area contributed by atoms with Gasteiger partial charge in [0.25, 0.3) is 0 Å². The number of carboxylic acid groups (broad SMARTS) is 2. The molecule has 3 atom stereocenters. The maximum atomic E-state index is 12.1. The lowest BCUT2D eigenvalue weighted by molar-refractivity contribution is -0.138. The summed E-state index contributed by atoms with van der Waals surface area (Å²) in [5.41, 5.74) is -0.621. The van der Waals surface area contributed by atoms with E-state index in [4.69, 9.17) is 0 Å². The normalized spacial score (nSPS) is 31.4. The highest BCUT2D eigenvalue weighted by Crippen LogP contribution is 2.32. The van der Waals surface area contributed by atoms with E-state index in [0.717, 1.165) is 0 Å². The van der Waals surface area contributed by atoms with Crippen LogP contribution in [-0.2, 0) is 14.4 Å². The molecule has 0 amide bonds. The van der Waals surface area contributed by atoms with Crippen molar-refractivity contribution in [2.24, 2.45) is 5.92 Å². The average molecular weight is 326 g/mol. The number of aliphatic hydroxyl groups excluding tert-OH is 2. The summed E-state index contributed by atoms with van der Waals surface area (Å²) in [5.74, 6) is -4.71. The predicted molar refractivity (Wildman–Crippen MR) is 80.7 cm³/mol. The number of allylic oxidation sites excluding steroid dienone is 1. The highest BCUT2D eigenvalue weighted by Gasteiger charge is 2.38. The molecule has 1 aliphatic carbocycles. The summed E-state index contributed by atoms with van der Waals surface area (Å²) in [6.45, 7) is 3.32. The molecule has 1 aliphatic rings. The maximum Gasteiger partial charge on any atom is 0.332 e. The van der Waals surface area contributed by atoms with Gasteiger partial charge in [-0.3, -0.25) is 4.79 Å². The van der Waals surface area contributed by atoms with E-state index in [2.05, 4.69) is 0 Å². The molecule has 1 unspecified atom stereocenters. The third-order valence-electron chi connectivity index (χ3n) is 4.07. The minimum Gasteiger partial charge on any atom is -0.478 e. The molecule has 0 saturated heterocycles. The van der Waals surface area contributed by atoms with Crippen LogP contribution in [0.5, 0.6) is 0 Å². The number of carboxylic acids is 2. The van der Waals surface area contributed by atoms with Gasteiger partial charge < -0.3 is 20.4 Å². The Morgan fingerprint density at radius 1 is 1.22 bits per heavy atom. The molecular formula is C16H22O7. The zero-order chi connectivity index (χ0) is 17.7. The summed E-state index contributed by atoms with van der Waals surface area (Å²) < 4.78 is 0. The van der Waals surface area contributed by atoms with Crippen LogP contribution < -0.4 is 0 Å². The Bertz CT molecular complexity index is 559. The van der Waals surface area contributed by atoms with E-state index in [1.807, 2.05) is 0 Å². The number of rotatable bonds is 4. The van der Waals surface area contributed by atoms with E-state index >= 15 is 0 Å². The van der Waals surface area contributed by atoms with Gasteiger partial charge in [-0.1, -0.05) is 19.4 Å². The van der Waals surface area contributed by atoms with Crippen LogP contribution in [0.25, 0.3) is 0 Å². The van der Waals surface area contributed by atoms with E-state index in [9.17, 15) is 34.8 Å². The topological polar surface area (TPSA) is 132 Å². The molecule has 0 aliphatic heterocycles. The molecule has 0 bridgehead atoms. The van der Waals surface area contributed by atoms with Crippen LogP contribution in [0.2, 0.25) is 0 Å².